The van der Waals surface area contributed by atoms with Crippen LogP contribution in [-0.2, 0) is 0 Å². The Hall–Kier alpha value is -0.320. The Morgan fingerprint density at radius 1 is 1.53 bits per heavy atom. The minimum atomic E-state index is -0.326. The Labute approximate surface area is 114 Å². The fourth-order valence-electron chi connectivity index (χ4n) is 2.20. The van der Waals surface area contributed by atoms with E-state index in [0.717, 1.165) is 25.2 Å². The topological polar surface area (TPSA) is 29.3 Å². The van der Waals surface area contributed by atoms with Gasteiger partial charge in [0.05, 0.1) is 10.7 Å². The molecule has 1 heterocycles. The smallest absolute Gasteiger partial charge is 0.125 e. The molecule has 2 N–H and O–H groups in total. The van der Waals surface area contributed by atoms with Crippen molar-refractivity contribution in [1.29, 1.82) is 0 Å². The van der Waals surface area contributed by atoms with Crippen LogP contribution in [0.5, 0.6) is 0 Å². The first kappa shape index (κ1) is 13.1. The second-order valence-corrected chi connectivity index (χ2v) is 5.86. The fraction of sp³-hybridized carbons (Fsp3) is 0.500. The summed E-state index contributed by atoms with van der Waals surface area (Å²) in [5.74, 6) is 0.0872. The Bertz CT molecular complexity index is 404. The number of rotatable bonds is 1. The molecule has 5 heteroatoms. The highest BCUT2D eigenvalue weighted by atomic mass is 79.9. The summed E-state index contributed by atoms with van der Waals surface area (Å²) < 4.78 is 13.9. The largest absolute Gasteiger partial charge is 0.369 e. The summed E-state index contributed by atoms with van der Waals surface area (Å²) in [7, 11) is 0. The normalized spacial score (nSPS) is 25.1. The molecule has 0 spiro atoms. The van der Waals surface area contributed by atoms with Crippen LogP contribution in [0.15, 0.2) is 16.6 Å². The molecule has 0 saturated carbocycles. The van der Waals surface area contributed by atoms with Gasteiger partial charge >= 0.3 is 0 Å². The van der Waals surface area contributed by atoms with Gasteiger partial charge in [-0.15, -0.1) is 0 Å². The summed E-state index contributed by atoms with van der Waals surface area (Å²) in [4.78, 5) is 2.17. The lowest BCUT2D eigenvalue weighted by molar-refractivity contribution is 0.382. The van der Waals surface area contributed by atoms with Crippen molar-refractivity contribution in [2.24, 2.45) is 11.7 Å². The molecule has 1 aliphatic rings. The van der Waals surface area contributed by atoms with Gasteiger partial charge in [0.2, 0.25) is 0 Å². The molecule has 1 aliphatic heterocycles. The van der Waals surface area contributed by atoms with Crippen molar-refractivity contribution in [1.82, 2.24) is 0 Å². The number of hydrogen-bond donors (Lipinski definition) is 1. The summed E-state index contributed by atoms with van der Waals surface area (Å²) >= 11 is 9.48. The lowest BCUT2D eigenvalue weighted by Gasteiger charge is -2.37. The van der Waals surface area contributed by atoms with E-state index in [0.29, 0.717) is 15.4 Å². The van der Waals surface area contributed by atoms with Gasteiger partial charge in [-0.3, -0.25) is 0 Å². The van der Waals surface area contributed by atoms with Crippen LogP contribution in [0.2, 0.25) is 5.02 Å². The zero-order chi connectivity index (χ0) is 12.6. The first-order valence-corrected chi connectivity index (χ1v) is 6.81. The average molecular weight is 322 g/mol. The van der Waals surface area contributed by atoms with E-state index in [-0.39, 0.29) is 11.9 Å². The predicted octanol–water partition coefficient (Wildman–Crippen LogP) is 3.42. The second kappa shape index (κ2) is 5.12. The molecule has 0 amide bonds. The van der Waals surface area contributed by atoms with Crippen LogP contribution in [0, 0.1) is 11.7 Å². The molecule has 94 valence electrons. The van der Waals surface area contributed by atoms with Gasteiger partial charge < -0.3 is 10.6 Å². The SMILES string of the molecule is CC1CN(c2c(Cl)cc(F)cc2Br)CCC1N. The minimum absolute atomic E-state index is 0.240. The van der Waals surface area contributed by atoms with E-state index in [1.54, 1.807) is 0 Å². The van der Waals surface area contributed by atoms with E-state index in [1.807, 2.05) is 0 Å². The molecule has 0 aromatic heterocycles. The molecule has 1 aromatic rings. The van der Waals surface area contributed by atoms with Crippen LogP contribution in [0.1, 0.15) is 13.3 Å². The van der Waals surface area contributed by atoms with E-state index < -0.39 is 0 Å². The second-order valence-electron chi connectivity index (χ2n) is 4.59. The molecule has 0 bridgehead atoms. The van der Waals surface area contributed by atoms with E-state index in [9.17, 15) is 4.39 Å². The van der Waals surface area contributed by atoms with Crippen LogP contribution in [0.3, 0.4) is 0 Å². The zero-order valence-corrected chi connectivity index (χ0v) is 11.9. The third kappa shape index (κ3) is 2.75. The van der Waals surface area contributed by atoms with Crippen molar-refractivity contribution in [3.8, 4) is 0 Å². The minimum Gasteiger partial charge on any atom is -0.369 e. The maximum atomic E-state index is 13.2. The van der Waals surface area contributed by atoms with Crippen LogP contribution in [0.25, 0.3) is 0 Å². The standard InChI is InChI=1S/C12H15BrClFN2/c1-7-6-17(3-2-11(7)16)12-9(13)4-8(15)5-10(12)14/h4-5,7,11H,2-3,6,16H2,1H3. The van der Waals surface area contributed by atoms with Crippen molar-refractivity contribution in [2.45, 2.75) is 19.4 Å². The molecular weight excluding hydrogens is 307 g/mol. The monoisotopic (exact) mass is 320 g/mol. The molecular formula is C12H15BrClFN2. The number of anilines is 1. The molecule has 1 aromatic carbocycles. The average Bonchev–Trinajstić information content (AvgIpc) is 2.21. The maximum absolute atomic E-state index is 13.2. The quantitative estimate of drug-likeness (QED) is 0.859. The van der Waals surface area contributed by atoms with Crippen molar-refractivity contribution in [2.75, 3.05) is 18.0 Å². The van der Waals surface area contributed by atoms with Crippen LogP contribution < -0.4 is 10.6 Å². The number of piperidine rings is 1. The Kier molecular flexibility index (Phi) is 3.95. The molecule has 2 rings (SSSR count). The maximum Gasteiger partial charge on any atom is 0.125 e. The van der Waals surface area contributed by atoms with Gasteiger partial charge in [0.1, 0.15) is 5.82 Å². The van der Waals surface area contributed by atoms with E-state index >= 15 is 0 Å². The third-order valence-corrected chi connectivity index (χ3v) is 4.16. The zero-order valence-electron chi connectivity index (χ0n) is 9.59. The van der Waals surface area contributed by atoms with Crippen molar-refractivity contribution in [3.05, 3.63) is 27.4 Å². The predicted molar refractivity (Wildman–Crippen MR) is 73.1 cm³/mol. The highest BCUT2D eigenvalue weighted by Gasteiger charge is 2.25. The molecule has 0 radical (unpaired) electrons. The Morgan fingerprint density at radius 3 is 2.82 bits per heavy atom. The molecule has 2 atom stereocenters. The molecule has 0 aliphatic carbocycles. The van der Waals surface area contributed by atoms with Gasteiger partial charge in [-0.2, -0.15) is 0 Å². The molecule has 17 heavy (non-hydrogen) atoms. The lowest BCUT2D eigenvalue weighted by Crippen LogP contribution is -2.46. The number of nitrogens with two attached hydrogens (primary N) is 1. The van der Waals surface area contributed by atoms with Crippen LogP contribution >= 0.6 is 27.5 Å². The lowest BCUT2D eigenvalue weighted by atomic mass is 9.94. The number of halogens is 3. The Balaban J connectivity index is 2.29. The van der Waals surface area contributed by atoms with Gasteiger partial charge in [-0.1, -0.05) is 18.5 Å². The van der Waals surface area contributed by atoms with Gasteiger partial charge in [0.15, 0.2) is 0 Å². The summed E-state index contributed by atoms with van der Waals surface area (Å²) in [6.07, 6.45) is 0.932. The number of nitrogens with zero attached hydrogens (tertiary/aromatic N) is 1. The molecule has 2 unspecified atom stereocenters. The highest BCUT2D eigenvalue weighted by Crippen LogP contribution is 2.36. The van der Waals surface area contributed by atoms with E-state index in [1.165, 1.54) is 12.1 Å². The van der Waals surface area contributed by atoms with Crippen molar-refractivity contribution in [3.63, 3.8) is 0 Å². The molecule has 1 fully saturated rings. The van der Waals surface area contributed by atoms with E-state index in [4.69, 9.17) is 17.3 Å². The first-order chi connectivity index (χ1) is 7.99. The van der Waals surface area contributed by atoms with Crippen LogP contribution in [0.4, 0.5) is 10.1 Å². The van der Waals surface area contributed by atoms with Gasteiger partial charge in [-0.25, -0.2) is 4.39 Å². The Morgan fingerprint density at radius 2 is 2.24 bits per heavy atom. The number of hydrogen-bond acceptors (Lipinski definition) is 2. The highest BCUT2D eigenvalue weighted by molar-refractivity contribution is 9.10. The van der Waals surface area contributed by atoms with Crippen molar-refractivity contribution < 1.29 is 4.39 Å². The number of benzene rings is 1. The summed E-state index contributed by atoms with van der Waals surface area (Å²) in [6.45, 7) is 3.84. The first-order valence-electron chi connectivity index (χ1n) is 5.64. The van der Waals surface area contributed by atoms with Crippen molar-refractivity contribution >= 4 is 33.2 Å². The fourth-order valence-corrected chi connectivity index (χ4v) is 3.33. The van der Waals surface area contributed by atoms with Gasteiger partial charge in [-0.05, 0) is 40.4 Å². The summed E-state index contributed by atoms with van der Waals surface area (Å²) in [6, 6.07) is 3.03. The molecule has 2 nitrogen and oxygen atoms in total. The summed E-state index contributed by atoms with van der Waals surface area (Å²) in [5, 5.41) is 0.444. The van der Waals surface area contributed by atoms with Gasteiger partial charge in [0.25, 0.3) is 0 Å². The summed E-state index contributed by atoms with van der Waals surface area (Å²) in [5.41, 5.74) is 6.85. The van der Waals surface area contributed by atoms with Gasteiger partial charge in [0, 0.05) is 23.6 Å². The van der Waals surface area contributed by atoms with Crippen LogP contribution in [-0.4, -0.2) is 19.1 Å². The molecule has 1 saturated heterocycles. The third-order valence-electron chi connectivity index (χ3n) is 3.27. The van der Waals surface area contributed by atoms with E-state index in [2.05, 4.69) is 27.8 Å².